The smallest absolute Gasteiger partial charge is 0.110 e. The minimum atomic E-state index is -1.13. The Morgan fingerprint density at radius 1 is 1.10 bits per heavy atom. The fourth-order valence-electron chi connectivity index (χ4n) is 1.83. The van der Waals surface area contributed by atoms with Crippen LogP contribution in [-0.2, 0) is 15.7 Å². The molecule has 20 heavy (non-hydrogen) atoms. The number of hydrogen-bond acceptors (Lipinski definition) is 1. The van der Waals surface area contributed by atoms with Crippen molar-refractivity contribution in [1.82, 2.24) is 4.13 Å². The van der Waals surface area contributed by atoms with E-state index in [0.29, 0.717) is 0 Å². The molecule has 2 nitrogen and oxygen atoms in total. The van der Waals surface area contributed by atoms with Crippen molar-refractivity contribution in [2.24, 2.45) is 0 Å². The van der Waals surface area contributed by atoms with Crippen LogP contribution in [0.15, 0.2) is 30.3 Å². The summed E-state index contributed by atoms with van der Waals surface area (Å²) >= 11 is 0. The van der Waals surface area contributed by atoms with E-state index in [0.717, 1.165) is 11.3 Å². The van der Waals surface area contributed by atoms with E-state index in [9.17, 15) is 4.21 Å². The molecule has 0 saturated heterocycles. The third kappa shape index (κ3) is 3.66. The van der Waals surface area contributed by atoms with Crippen LogP contribution in [0.25, 0.3) is 0 Å². The van der Waals surface area contributed by atoms with Gasteiger partial charge in [-0.25, -0.2) is 4.21 Å². The molecule has 0 saturated carbocycles. The van der Waals surface area contributed by atoms with Gasteiger partial charge in [-0.15, -0.1) is 0 Å². The summed E-state index contributed by atoms with van der Waals surface area (Å²) in [5, 5.41) is 0. The van der Waals surface area contributed by atoms with Gasteiger partial charge in [-0.1, -0.05) is 58.0 Å². The van der Waals surface area contributed by atoms with E-state index < -0.39 is 25.9 Å². The molecule has 1 aromatic carbocycles. The first-order valence-electron chi connectivity index (χ1n) is 7.05. The van der Waals surface area contributed by atoms with E-state index in [1.807, 2.05) is 32.0 Å². The Balaban J connectivity index is 3.01. The summed E-state index contributed by atoms with van der Waals surface area (Å²) in [6.07, 6.45) is 2.24. The van der Waals surface area contributed by atoms with Crippen LogP contribution in [0.4, 0.5) is 0 Å². The lowest BCUT2D eigenvalue weighted by atomic mass is 10.0. The van der Waals surface area contributed by atoms with Gasteiger partial charge in [0, 0.05) is 4.75 Å². The molecule has 0 amide bonds. The van der Waals surface area contributed by atoms with Crippen LogP contribution in [0.2, 0.25) is 0 Å². The fraction of sp³-hybridized carbons (Fsp3) is 0.625. The van der Waals surface area contributed by atoms with Crippen LogP contribution in [0, 0.1) is 0 Å². The second-order valence-electron chi connectivity index (χ2n) is 6.72. The van der Waals surface area contributed by atoms with E-state index in [2.05, 4.69) is 50.2 Å². The van der Waals surface area contributed by atoms with E-state index in [1.54, 1.807) is 0 Å². The molecule has 0 spiro atoms. The minimum Gasteiger partial charge on any atom is -0.241 e. The van der Waals surface area contributed by atoms with E-state index in [1.165, 1.54) is 0 Å². The molecule has 0 heterocycles. The van der Waals surface area contributed by atoms with Crippen molar-refractivity contribution in [2.45, 2.75) is 51.0 Å². The zero-order chi connectivity index (χ0) is 15.6. The van der Waals surface area contributed by atoms with Crippen LogP contribution < -0.4 is 4.13 Å². The fourth-order valence-corrected chi connectivity index (χ4v) is 6.69. The first-order chi connectivity index (χ1) is 9.04. The van der Waals surface area contributed by atoms with Crippen LogP contribution >= 0.6 is 10.2 Å². The third-order valence-corrected chi connectivity index (χ3v) is 11.2. The molecule has 4 heteroatoms. The lowest BCUT2D eigenvalue weighted by molar-refractivity contribution is 0.640. The summed E-state index contributed by atoms with van der Waals surface area (Å²) in [5.41, 5.74) is 1.11. The van der Waals surface area contributed by atoms with Gasteiger partial charge in [0.15, 0.2) is 0 Å². The van der Waals surface area contributed by atoms with Gasteiger partial charge in [-0.3, -0.25) is 0 Å². The number of benzene rings is 1. The maximum Gasteiger partial charge on any atom is 0.110 e. The van der Waals surface area contributed by atoms with Crippen molar-refractivity contribution in [3.05, 3.63) is 35.9 Å². The number of rotatable bonds is 5. The SMILES string of the molecule is CCS(C)(N[S@@](=O)C(C)(C)c1ccccc1)C(C)(C)C. The highest BCUT2D eigenvalue weighted by atomic mass is 32.3. The normalized spacial score (nSPS) is 19.1. The molecule has 0 bridgehead atoms. The highest BCUT2D eigenvalue weighted by Crippen LogP contribution is 2.53. The Hall–Kier alpha value is -0.320. The van der Waals surface area contributed by atoms with E-state index in [4.69, 9.17) is 0 Å². The Labute approximate surface area is 128 Å². The molecule has 1 unspecified atom stereocenters. The van der Waals surface area contributed by atoms with Crippen molar-refractivity contribution in [1.29, 1.82) is 0 Å². The van der Waals surface area contributed by atoms with Crippen LogP contribution in [0.1, 0.15) is 47.1 Å². The predicted octanol–water partition coefficient (Wildman–Crippen LogP) is 4.34. The quantitative estimate of drug-likeness (QED) is 0.860. The van der Waals surface area contributed by atoms with Gasteiger partial charge in [0.05, 0.1) is 4.75 Å². The largest absolute Gasteiger partial charge is 0.241 e. The molecule has 1 rings (SSSR count). The first kappa shape index (κ1) is 17.7. The van der Waals surface area contributed by atoms with Gasteiger partial charge < -0.3 is 0 Å². The average Bonchev–Trinajstić information content (AvgIpc) is 2.38. The van der Waals surface area contributed by atoms with Crippen LogP contribution in [-0.4, -0.2) is 21.0 Å². The molecule has 0 radical (unpaired) electrons. The summed E-state index contributed by atoms with van der Waals surface area (Å²) in [6.45, 7) is 13.0. The molecule has 0 aliphatic carbocycles. The maximum absolute atomic E-state index is 12.9. The van der Waals surface area contributed by atoms with Gasteiger partial charge in [0.2, 0.25) is 0 Å². The molecule has 0 aromatic heterocycles. The number of hydrogen-bond donors (Lipinski definition) is 1. The van der Waals surface area contributed by atoms with Crippen molar-refractivity contribution in [3.63, 3.8) is 0 Å². The molecule has 1 N–H and O–H groups in total. The van der Waals surface area contributed by atoms with Gasteiger partial charge in [-0.2, -0.15) is 14.3 Å². The molecule has 0 fully saturated rings. The standard InChI is InChI=1S/C16H29NOS2/c1-8-20(7,15(2,3)4)17-19(18)16(5,6)14-12-10-9-11-13-14/h9-13,17H,8H2,1-7H3/t19-/m0/s1. The zero-order valence-corrected chi connectivity index (χ0v) is 15.5. The van der Waals surface area contributed by atoms with Gasteiger partial charge in [0.25, 0.3) is 0 Å². The van der Waals surface area contributed by atoms with Gasteiger partial charge >= 0.3 is 0 Å². The average molecular weight is 316 g/mol. The van der Waals surface area contributed by atoms with Gasteiger partial charge in [0.1, 0.15) is 11.0 Å². The maximum atomic E-state index is 12.9. The molecule has 0 aliphatic heterocycles. The highest BCUT2D eigenvalue weighted by Gasteiger charge is 2.37. The molecular weight excluding hydrogens is 286 g/mol. The summed E-state index contributed by atoms with van der Waals surface area (Å²) in [5.74, 6) is 1.02. The third-order valence-electron chi connectivity index (χ3n) is 4.12. The van der Waals surface area contributed by atoms with E-state index in [-0.39, 0.29) is 4.75 Å². The van der Waals surface area contributed by atoms with Crippen LogP contribution in [0.3, 0.4) is 0 Å². The van der Waals surface area contributed by atoms with Crippen molar-refractivity contribution in [3.8, 4) is 0 Å². The Morgan fingerprint density at radius 2 is 1.60 bits per heavy atom. The van der Waals surface area contributed by atoms with E-state index >= 15 is 0 Å². The Bertz CT molecular complexity index is 465. The Kier molecular flexibility index (Phi) is 5.50. The second kappa shape index (κ2) is 6.20. The molecule has 116 valence electrons. The molecule has 1 aromatic rings. The number of nitrogens with one attached hydrogen (secondary N) is 1. The lowest BCUT2D eigenvalue weighted by Gasteiger charge is -2.48. The summed E-state index contributed by atoms with van der Waals surface area (Å²) in [7, 11) is -2.24. The minimum absolute atomic E-state index is 0.129. The second-order valence-corrected chi connectivity index (χ2v) is 12.9. The monoisotopic (exact) mass is 315 g/mol. The zero-order valence-electron chi connectivity index (χ0n) is 13.8. The first-order valence-corrected chi connectivity index (χ1v) is 10.4. The van der Waals surface area contributed by atoms with Crippen LogP contribution in [0.5, 0.6) is 0 Å². The van der Waals surface area contributed by atoms with Gasteiger partial charge in [-0.05, 0) is 31.4 Å². The highest BCUT2D eigenvalue weighted by molar-refractivity contribution is 8.36. The Morgan fingerprint density at radius 3 is 2.00 bits per heavy atom. The lowest BCUT2D eigenvalue weighted by Crippen LogP contribution is -2.42. The molecular formula is C16H29NOS2. The predicted molar refractivity (Wildman–Crippen MR) is 94.6 cm³/mol. The molecule has 2 atom stereocenters. The van der Waals surface area contributed by atoms with Crippen molar-refractivity contribution >= 4 is 21.2 Å². The molecule has 0 aliphatic rings. The summed E-state index contributed by atoms with van der Waals surface area (Å²) < 4.78 is 16.1. The summed E-state index contributed by atoms with van der Waals surface area (Å²) in [4.78, 5) is 0. The van der Waals surface area contributed by atoms with Crippen molar-refractivity contribution < 1.29 is 4.21 Å². The topological polar surface area (TPSA) is 29.1 Å². The van der Waals surface area contributed by atoms with Crippen molar-refractivity contribution in [2.75, 3.05) is 12.0 Å². The summed E-state index contributed by atoms with van der Waals surface area (Å²) in [6, 6.07) is 10.1.